The summed E-state index contributed by atoms with van der Waals surface area (Å²) in [5.41, 5.74) is 0.0952. The van der Waals surface area contributed by atoms with Crippen molar-refractivity contribution in [2.75, 3.05) is 6.54 Å². The molecule has 19 heavy (non-hydrogen) atoms. The molecule has 1 unspecified atom stereocenters. The van der Waals surface area contributed by atoms with Crippen molar-refractivity contribution in [1.82, 2.24) is 5.32 Å². The van der Waals surface area contributed by atoms with Gasteiger partial charge in [-0.1, -0.05) is 18.6 Å². The number of likely N-dealkylation sites (N-methyl/N-ethyl adjacent to an activating group) is 1. The smallest absolute Gasteiger partial charge is 0.311 e. The fourth-order valence-corrected chi connectivity index (χ4v) is 1.71. The van der Waals surface area contributed by atoms with E-state index < -0.39 is 17.6 Å². The predicted molar refractivity (Wildman–Crippen MR) is 68.2 cm³/mol. The molecule has 0 saturated heterocycles. The Morgan fingerprint density at radius 1 is 1.32 bits per heavy atom. The summed E-state index contributed by atoms with van der Waals surface area (Å²) in [4.78, 5) is 0. The molecule has 106 valence electrons. The van der Waals surface area contributed by atoms with Crippen molar-refractivity contribution >= 4 is 6.08 Å². The number of hydrogen-bond donors (Lipinski definition) is 1. The first-order valence-electron chi connectivity index (χ1n) is 6.03. The first-order chi connectivity index (χ1) is 8.74. The van der Waals surface area contributed by atoms with E-state index in [2.05, 4.69) is 5.32 Å². The van der Waals surface area contributed by atoms with Crippen LogP contribution in [-0.4, -0.2) is 12.6 Å². The number of alkyl halides is 3. The second-order valence-corrected chi connectivity index (χ2v) is 4.44. The van der Waals surface area contributed by atoms with Crippen molar-refractivity contribution in [3.8, 4) is 0 Å². The third-order valence-electron chi connectivity index (χ3n) is 2.84. The number of nitrogens with one attached hydrogen (secondary N) is 1. The van der Waals surface area contributed by atoms with Gasteiger partial charge in [0.15, 0.2) is 0 Å². The molecule has 1 atom stereocenters. The summed E-state index contributed by atoms with van der Waals surface area (Å²) >= 11 is 0. The first-order valence-corrected chi connectivity index (χ1v) is 6.03. The number of hydrogen-bond acceptors (Lipinski definition) is 1. The van der Waals surface area contributed by atoms with Gasteiger partial charge in [0.05, 0.1) is 5.56 Å². The molecule has 0 amide bonds. The fraction of sp³-hybridized carbons (Fsp3) is 0.429. The average molecular weight is 275 g/mol. The lowest BCUT2D eigenvalue weighted by atomic mass is 10.0. The molecule has 0 aliphatic rings. The molecule has 0 radical (unpaired) electrons. The van der Waals surface area contributed by atoms with Gasteiger partial charge in [-0.05, 0) is 44.2 Å². The van der Waals surface area contributed by atoms with E-state index in [-0.39, 0.29) is 11.6 Å². The maximum atomic E-state index is 13.2. The highest BCUT2D eigenvalue weighted by Crippen LogP contribution is 2.30. The number of halogens is 4. The van der Waals surface area contributed by atoms with Crippen molar-refractivity contribution < 1.29 is 17.6 Å². The van der Waals surface area contributed by atoms with Crippen LogP contribution in [-0.2, 0) is 6.18 Å². The molecule has 1 nitrogen and oxygen atoms in total. The summed E-state index contributed by atoms with van der Waals surface area (Å²) in [5.74, 6) is -0.884. The quantitative estimate of drug-likeness (QED) is 0.810. The molecule has 0 saturated carbocycles. The third kappa shape index (κ3) is 4.67. The van der Waals surface area contributed by atoms with Crippen LogP contribution in [0.5, 0.6) is 0 Å². The largest absolute Gasteiger partial charge is 0.416 e. The highest BCUT2D eigenvalue weighted by Gasteiger charge is 2.31. The number of rotatable bonds is 4. The zero-order valence-electron chi connectivity index (χ0n) is 11.1. The third-order valence-corrected chi connectivity index (χ3v) is 2.84. The zero-order valence-corrected chi connectivity index (χ0v) is 11.1. The van der Waals surface area contributed by atoms with Gasteiger partial charge in [-0.25, -0.2) is 4.39 Å². The lowest BCUT2D eigenvalue weighted by Gasteiger charge is -2.13. The van der Waals surface area contributed by atoms with Crippen molar-refractivity contribution in [2.24, 2.45) is 0 Å². The van der Waals surface area contributed by atoms with Crippen LogP contribution in [0.1, 0.15) is 31.9 Å². The summed E-state index contributed by atoms with van der Waals surface area (Å²) in [7, 11) is 0. The molecule has 0 heterocycles. The normalized spacial score (nSPS) is 14.6. The summed E-state index contributed by atoms with van der Waals surface area (Å²) in [6.07, 6.45) is -2.97. The summed E-state index contributed by atoms with van der Waals surface area (Å²) in [6.45, 7) is 6.39. The standard InChI is InChI=1S/C14H17F4N/c1-4-19-10(3)9(2)5-11-6-12(14(16,17)18)8-13(15)7-11/h5-8,10,19H,4H2,1-3H3/b9-5+. The molecule has 0 spiro atoms. The Labute approximate surface area is 110 Å². The molecule has 1 rings (SSSR count). The van der Waals surface area contributed by atoms with Gasteiger partial charge in [-0.2, -0.15) is 13.2 Å². The highest BCUT2D eigenvalue weighted by molar-refractivity contribution is 5.55. The predicted octanol–water partition coefficient (Wildman–Crippen LogP) is 4.25. The van der Waals surface area contributed by atoms with Crippen molar-refractivity contribution in [3.05, 3.63) is 40.7 Å². The molecule has 1 aromatic carbocycles. The molecule has 0 bridgehead atoms. The van der Waals surface area contributed by atoms with Crippen LogP contribution in [0.4, 0.5) is 17.6 Å². The van der Waals surface area contributed by atoms with E-state index in [0.29, 0.717) is 6.07 Å². The zero-order chi connectivity index (χ0) is 14.6. The second kappa shape index (κ2) is 6.19. The Morgan fingerprint density at radius 3 is 2.47 bits per heavy atom. The summed E-state index contributed by atoms with van der Waals surface area (Å²) in [5, 5.41) is 3.14. The van der Waals surface area contributed by atoms with Gasteiger partial charge >= 0.3 is 6.18 Å². The molecule has 0 aromatic heterocycles. The van der Waals surface area contributed by atoms with E-state index in [1.807, 2.05) is 13.8 Å². The first kappa shape index (κ1) is 15.7. The van der Waals surface area contributed by atoms with E-state index in [1.54, 1.807) is 13.0 Å². The average Bonchev–Trinajstić information content (AvgIpc) is 2.27. The molecule has 0 fully saturated rings. The van der Waals surface area contributed by atoms with Gasteiger partial charge in [0.25, 0.3) is 0 Å². The Bertz CT molecular complexity index is 463. The van der Waals surface area contributed by atoms with E-state index in [0.717, 1.165) is 24.3 Å². The Morgan fingerprint density at radius 2 is 1.95 bits per heavy atom. The molecule has 0 aliphatic heterocycles. The van der Waals surface area contributed by atoms with Gasteiger partial charge < -0.3 is 5.32 Å². The minimum atomic E-state index is -4.54. The van der Waals surface area contributed by atoms with Gasteiger partial charge in [0.1, 0.15) is 5.82 Å². The van der Waals surface area contributed by atoms with Gasteiger partial charge in [-0.15, -0.1) is 0 Å². The van der Waals surface area contributed by atoms with Crippen LogP contribution < -0.4 is 5.32 Å². The van der Waals surface area contributed by atoms with E-state index >= 15 is 0 Å². The highest BCUT2D eigenvalue weighted by atomic mass is 19.4. The van der Waals surface area contributed by atoms with Crippen LogP contribution in [0.3, 0.4) is 0 Å². The lowest BCUT2D eigenvalue weighted by molar-refractivity contribution is -0.137. The fourth-order valence-electron chi connectivity index (χ4n) is 1.71. The van der Waals surface area contributed by atoms with Crippen LogP contribution >= 0.6 is 0 Å². The van der Waals surface area contributed by atoms with E-state index in [1.165, 1.54) is 0 Å². The maximum absolute atomic E-state index is 13.2. The summed E-state index contributed by atoms with van der Waals surface area (Å²) in [6, 6.07) is 2.57. The van der Waals surface area contributed by atoms with Gasteiger partial charge in [0.2, 0.25) is 0 Å². The van der Waals surface area contributed by atoms with Crippen LogP contribution in [0.25, 0.3) is 6.08 Å². The molecule has 5 heteroatoms. The Hall–Kier alpha value is -1.36. The number of benzene rings is 1. The maximum Gasteiger partial charge on any atom is 0.416 e. The van der Waals surface area contributed by atoms with Crippen LogP contribution in [0.2, 0.25) is 0 Å². The van der Waals surface area contributed by atoms with Crippen molar-refractivity contribution in [2.45, 2.75) is 33.0 Å². The van der Waals surface area contributed by atoms with Crippen LogP contribution in [0.15, 0.2) is 23.8 Å². The van der Waals surface area contributed by atoms with Crippen molar-refractivity contribution in [3.63, 3.8) is 0 Å². The topological polar surface area (TPSA) is 12.0 Å². The molecular formula is C14H17F4N. The molecular weight excluding hydrogens is 258 g/mol. The lowest BCUT2D eigenvalue weighted by Crippen LogP contribution is -2.26. The summed E-state index contributed by atoms with van der Waals surface area (Å²) < 4.78 is 50.9. The van der Waals surface area contributed by atoms with Crippen molar-refractivity contribution in [1.29, 1.82) is 0 Å². The molecule has 1 N–H and O–H groups in total. The minimum Gasteiger partial charge on any atom is -0.311 e. The second-order valence-electron chi connectivity index (χ2n) is 4.44. The molecule has 1 aromatic rings. The molecule has 0 aliphatic carbocycles. The van der Waals surface area contributed by atoms with E-state index in [4.69, 9.17) is 0 Å². The van der Waals surface area contributed by atoms with Crippen LogP contribution in [0, 0.1) is 5.82 Å². The SMILES string of the molecule is CCNC(C)/C(C)=C/c1cc(F)cc(C(F)(F)F)c1. The monoisotopic (exact) mass is 275 g/mol. The van der Waals surface area contributed by atoms with Gasteiger partial charge in [-0.3, -0.25) is 0 Å². The Kier molecular flexibility index (Phi) is 5.11. The Balaban J connectivity index is 3.08. The minimum absolute atomic E-state index is 0.0302. The van der Waals surface area contributed by atoms with E-state index in [9.17, 15) is 17.6 Å². The van der Waals surface area contributed by atoms with Gasteiger partial charge in [0, 0.05) is 6.04 Å².